The van der Waals surface area contributed by atoms with Gasteiger partial charge in [-0.2, -0.15) is 0 Å². The summed E-state index contributed by atoms with van der Waals surface area (Å²) in [5, 5.41) is 12.5. The number of piperidine rings is 2. The van der Waals surface area contributed by atoms with Crippen molar-refractivity contribution in [3.8, 4) is 11.5 Å². The van der Waals surface area contributed by atoms with Gasteiger partial charge >= 0.3 is 6.09 Å². The maximum absolute atomic E-state index is 14.5. The van der Waals surface area contributed by atoms with Crippen LogP contribution in [0.15, 0.2) is 66.2 Å². The zero-order valence-electron chi connectivity index (χ0n) is 27.9. The topological polar surface area (TPSA) is 91.3 Å². The third-order valence-corrected chi connectivity index (χ3v) is 10.1. The lowest BCUT2D eigenvalue weighted by atomic mass is 9.89. The van der Waals surface area contributed by atoms with E-state index in [9.17, 15) is 19.1 Å². The lowest BCUT2D eigenvalue weighted by Crippen LogP contribution is -2.49. The molecule has 1 atom stereocenters. The largest absolute Gasteiger partial charge is 0.496 e. The first-order valence-corrected chi connectivity index (χ1v) is 16.8. The van der Waals surface area contributed by atoms with Crippen LogP contribution in [0.4, 0.5) is 9.18 Å². The van der Waals surface area contributed by atoms with Gasteiger partial charge < -0.3 is 24.8 Å². The van der Waals surface area contributed by atoms with E-state index in [2.05, 4.69) is 16.3 Å². The van der Waals surface area contributed by atoms with Crippen LogP contribution in [0, 0.1) is 5.82 Å². The van der Waals surface area contributed by atoms with E-state index in [4.69, 9.17) is 9.47 Å². The second-order valence-electron chi connectivity index (χ2n) is 12.9. The molecule has 2 heterocycles. The van der Waals surface area contributed by atoms with E-state index in [1.165, 1.54) is 11.0 Å². The SMILES string of the molecule is COc1cc(/C=C2/C(C)=C(CNC(=O)Cc3ccccc3)c3cc(F)ccc32)cc(OC)c1C1CCCCN1C1CCN(C(=O)O)CC1. The normalized spacial score (nSPS) is 19.4. The van der Waals surface area contributed by atoms with Gasteiger partial charge in [-0.15, -0.1) is 0 Å². The molecule has 252 valence electrons. The summed E-state index contributed by atoms with van der Waals surface area (Å²) < 4.78 is 26.6. The molecule has 2 N–H and O–H groups in total. The number of allylic oxidation sites excluding steroid dienone is 2. The molecule has 0 saturated carbocycles. The number of carbonyl (C=O) groups excluding carboxylic acids is 1. The van der Waals surface area contributed by atoms with Gasteiger partial charge in [0.1, 0.15) is 17.3 Å². The number of carbonyl (C=O) groups is 2. The molecule has 3 aliphatic rings. The van der Waals surface area contributed by atoms with Crippen molar-refractivity contribution in [2.75, 3.05) is 40.4 Å². The van der Waals surface area contributed by atoms with Crippen molar-refractivity contribution in [1.29, 1.82) is 0 Å². The first-order chi connectivity index (χ1) is 23.3. The molecule has 9 heteroatoms. The summed E-state index contributed by atoms with van der Waals surface area (Å²) >= 11 is 0. The summed E-state index contributed by atoms with van der Waals surface area (Å²) in [5.41, 5.74) is 7.36. The number of carboxylic acid groups (broad SMARTS) is 1. The maximum Gasteiger partial charge on any atom is 0.407 e. The van der Waals surface area contributed by atoms with Gasteiger partial charge in [0.15, 0.2) is 0 Å². The average molecular weight is 654 g/mol. The molecule has 0 bridgehead atoms. The van der Waals surface area contributed by atoms with Crippen LogP contribution in [0.5, 0.6) is 11.5 Å². The summed E-state index contributed by atoms with van der Waals surface area (Å²) in [5.74, 6) is 1.07. The van der Waals surface area contributed by atoms with Crippen molar-refractivity contribution < 1.29 is 28.6 Å². The molecular formula is C39H44FN3O5. The minimum Gasteiger partial charge on any atom is -0.496 e. The predicted molar refractivity (Wildman–Crippen MR) is 185 cm³/mol. The number of halogens is 1. The summed E-state index contributed by atoms with van der Waals surface area (Å²) in [6.07, 6.45) is 6.28. The highest BCUT2D eigenvalue weighted by molar-refractivity contribution is 6.06. The number of rotatable bonds is 9. The smallest absolute Gasteiger partial charge is 0.407 e. The summed E-state index contributed by atoms with van der Waals surface area (Å²) in [7, 11) is 3.37. The highest BCUT2D eigenvalue weighted by atomic mass is 19.1. The molecule has 6 rings (SSSR count). The number of fused-ring (bicyclic) bond motifs is 1. The minimum atomic E-state index is -0.850. The van der Waals surface area contributed by atoms with Crippen LogP contribution in [0.1, 0.15) is 72.9 Å². The number of hydrogen-bond acceptors (Lipinski definition) is 5. The monoisotopic (exact) mass is 653 g/mol. The first-order valence-electron chi connectivity index (χ1n) is 16.8. The molecule has 2 saturated heterocycles. The molecule has 3 aromatic rings. The summed E-state index contributed by atoms with van der Waals surface area (Å²) in [6.45, 7) is 4.34. The molecule has 0 radical (unpaired) electrons. The Bertz CT molecular complexity index is 1700. The van der Waals surface area contributed by atoms with Crippen LogP contribution in [-0.4, -0.2) is 73.3 Å². The Labute approximate surface area is 281 Å². The van der Waals surface area contributed by atoms with E-state index in [1.807, 2.05) is 49.4 Å². The number of nitrogens with one attached hydrogen (secondary N) is 1. The molecule has 3 aromatic carbocycles. The van der Waals surface area contributed by atoms with E-state index in [0.29, 0.717) is 19.6 Å². The van der Waals surface area contributed by atoms with Crippen molar-refractivity contribution in [1.82, 2.24) is 15.1 Å². The predicted octanol–water partition coefficient (Wildman–Crippen LogP) is 7.20. The molecule has 2 amide bonds. The Morgan fingerprint density at radius 1 is 0.938 bits per heavy atom. The Morgan fingerprint density at radius 2 is 1.65 bits per heavy atom. The van der Waals surface area contributed by atoms with E-state index >= 15 is 0 Å². The van der Waals surface area contributed by atoms with Crippen LogP contribution in [0.2, 0.25) is 0 Å². The van der Waals surface area contributed by atoms with Crippen LogP contribution in [-0.2, 0) is 11.2 Å². The second kappa shape index (κ2) is 14.6. The number of ether oxygens (including phenoxy) is 2. The molecule has 2 fully saturated rings. The Hall–Kier alpha value is -4.63. The molecule has 1 aliphatic carbocycles. The zero-order chi connectivity index (χ0) is 33.8. The van der Waals surface area contributed by atoms with Gasteiger partial charge in [-0.3, -0.25) is 9.69 Å². The zero-order valence-corrected chi connectivity index (χ0v) is 27.9. The Kier molecular flexibility index (Phi) is 10.2. The Morgan fingerprint density at radius 3 is 2.31 bits per heavy atom. The number of methoxy groups -OCH3 is 2. The standard InChI is InChI=1S/C39H44FN3O5/c1-25-31(30-13-12-28(40)23-32(30)33(25)24-41-37(44)22-26-9-5-4-6-10-26)19-27-20-35(47-2)38(36(21-27)48-3)34-11-7-8-16-43(34)29-14-17-42(18-15-29)39(45)46/h4-6,9-10,12-13,19-21,23,29,34H,7-8,11,14-18,22,24H2,1-3H3,(H,41,44)(H,45,46)/b31-19-. The molecule has 1 unspecified atom stereocenters. The fourth-order valence-electron chi connectivity index (χ4n) is 7.64. The molecule has 2 aliphatic heterocycles. The van der Waals surface area contributed by atoms with Crippen LogP contribution < -0.4 is 14.8 Å². The molecule has 0 spiro atoms. The third kappa shape index (κ3) is 6.97. The highest BCUT2D eigenvalue weighted by Gasteiger charge is 2.36. The van der Waals surface area contributed by atoms with Crippen LogP contribution in [0.25, 0.3) is 17.2 Å². The van der Waals surface area contributed by atoms with Gasteiger partial charge in [0.2, 0.25) is 5.91 Å². The lowest BCUT2D eigenvalue weighted by molar-refractivity contribution is -0.120. The maximum atomic E-state index is 14.5. The summed E-state index contributed by atoms with van der Waals surface area (Å²) in [4.78, 5) is 28.4. The van der Waals surface area contributed by atoms with E-state index in [0.717, 1.165) is 94.7 Å². The number of amides is 2. The van der Waals surface area contributed by atoms with Crippen molar-refractivity contribution in [2.45, 2.75) is 57.5 Å². The average Bonchev–Trinajstić information content (AvgIpc) is 3.35. The van der Waals surface area contributed by atoms with Gasteiger partial charge in [0.25, 0.3) is 0 Å². The van der Waals surface area contributed by atoms with Crippen molar-refractivity contribution in [3.05, 3.63) is 99.9 Å². The van der Waals surface area contributed by atoms with E-state index in [1.54, 1.807) is 26.4 Å². The fourth-order valence-corrected chi connectivity index (χ4v) is 7.64. The first kappa shape index (κ1) is 33.3. The number of hydrogen-bond donors (Lipinski definition) is 2. The number of likely N-dealkylation sites (tertiary alicyclic amines) is 2. The quantitative estimate of drug-likeness (QED) is 0.254. The van der Waals surface area contributed by atoms with Gasteiger partial charge in [-0.1, -0.05) is 42.8 Å². The van der Waals surface area contributed by atoms with Crippen LogP contribution >= 0.6 is 0 Å². The van der Waals surface area contributed by atoms with Crippen LogP contribution in [0.3, 0.4) is 0 Å². The van der Waals surface area contributed by atoms with Crippen molar-refractivity contribution >= 4 is 29.2 Å². The molecule has 48 heavy (non-hydrogen) atoms. The number of benzene rings is 3. The fraction of sp³-hybridized carbons (Fsp3) is 0.385. The number of nitrogens with zero attached hydrogens (tertiary/aromatic N) is 2. The third-order valence-electron chi connectivity index (χ3n) is 10.1. The van der Waals surface area contributed by atoms with E-state index < -0.39 is 6.09 Å². The molecular weight excluding hydrogens is 609 g/mol. The van der Waals surface area contributed by atoms with Gasteiger partial charge in [-0.25, -0.2) is 9.18 Å². The summed E-state index contributed by atoms with van der Waals surface area (Å²) in [6, 6.07) is 18.9. The van der Waals surface area contributed by atoms with Gasteiger partial charge in [0, 0.05) is 31.7 Å². The minimum absolute atomic E-state index is 0.0915. The van der Waals surface area contributed by atoms with Gasteiger partial charge in [0.05, 0.1) is 26.2 Å². The van der Waals surface area contributed by atoms with E-state index in [-0.39, 0.29) is 30.2 Å². The molecule has 0 aromatic heterocycles. The second-order valence-corrected chi connectivity index (χ2v) is 12.9. The Balaban J connectivity index is 1.30. The van der Waals surface area contributed by atoms with Crippen molar-refractivity contribution in [2.24, 2.45) is 0 Å². The van der Waals surface area contributed by atoms with Crippen molar-refractivity contribution in [3.63, 3.8) is 0 Å². The lowest BCUT2D eigenvalue weighted by Gasteiger charge is -2.45. The van der Waals surface area contributed by atoms with Gasteiger partial charge in [-0.05, 0) is 108 Å². The highest BCUT2D eigenvalue weighted by Crippen LogP contribution is 2.46. The molecule has 8 nitrogen and oxygen atoms in total.